The summed E-state index contributed by atoms with van der Waals surface area (Å²) >= 11 is 0. The van der Waals surface area contributed by atoms with Gasteiger partial charge in [-0.3, -0.25) is 9.97 Å². The van der Waals surface area contributed by atoms with Gasteiger partial charge in [0.25, 0.3) is 5.82 Å². The summed E-state index contributed by atoms with van der Waals surface area (Å²) in [5.74, 6) is -1.14. The van der Waals surface area contributed by atoms with E-state index in [-0.39, 0.29) is 11.5 Å². The van der Waals surface area contributed by atoms with Crippen molar-refractivity contribution < 1.29 is 13.5 Å². The van der Waals surface area contributed by atoms with Crippen LogP contribution in [0.2, 0.25) is 0 Å². The molecule has 1 aliphatic heterocycles. The van der Waals surface area contributed by atoms with Gasteiger partial charge in [-0.05, 0) is 41.4 Å². The van der Waals surface area contributed by atoms with Gasteiger partial charge in [-0.25, -0.2) is 18.5 Å². The first-order valence-electron chi connectivity index (χ1n) is 11.5. The molecule has 0 amide bonds. The Labute approximate surface area is 199 Å². The van der Waals surface area contributed by atoms with Crippen molar-refractivity contribution in [2.75, 3.05) is 36.8 Å². The van der Waals surface area contributed by atoms with E-state index in [1.54, 1.807) is 12.3 Å². The Bertz CT molecular complexity index is 1450. The van der Waals surface area contributed by atoms with Gasteiger partial charge in [0.2, 0.25) is 0 Å². The smallest absolute Gasteiger partial charge is 0.336 e. The molecule has 0 spiro atoms. The average Bonchev–Trinajstić information content (AvgIpc) is 3.73. The van der Waals surface area contributed by atoms with Crippen LogP contribution in [0.3, 0.4) is 0 Å². The molecule has 2 aliphatic rings. The maximum Gasteiger partial charge on any atom is 0.336 e. The van der Waals surface area contributed by atoms with E-state index in [1.807, 2.05) is 6.20 Å². The van der Waals surface area contributed by atoms with Gasteiger partial charge in [-0.1, -0.05) is 0 Å². The van der Waals surface area contributed by atoms with Crippen molar-refractivity contribution in [2.45, 2.75) is 18.8 Å². The number of nitrogens with zero attached hydrogens (tertiary/aromatic N) is 6. The fourth-order valence-corrected chi connectivity index (χ4v) is 4.59. The molecular formula is C24H22F2N8O. The highest BCUT2D eigenvalue weighted by molar-refractivity contribution is 5.92. The lowest BCUT2D eigenvalue weighted by atomic mass is 10.1. The second-order valence-corrected chi connectivity index (χ2v) is 8.80. The molecule has 35 heavy (non-hydrogen) atoms. The van der Waals surface area contributed by atoms with E-state index in [0.29, 0.717) is 17.0 Å². The third kappa shape index (κ3) is 3.68. The lowest BCUT2D eigenvalue weighted by Crippen LogP contribution is -2.45. The molecule has 0 atom stereocenters. The molecular weight excluding hydrogens is 454 g/mol. The minimum absolute atomic E-state index is 0.0120. The van der Waals surface area contributed by atoms with Crippen molar-refractivity contribution in [2.24, 2.45) is 0 Å². The van der Waals surface area contributed by atoms with Gasteiger partial charge in [-0.2, -0.15) is 0 Å². The fraction of sp³-hybridized carbons (Fsp3) is 0.292. The minimum Gasteiger partial charge on any atom is -0.710 e. The average molecular weight is 476 g/mol. The van der Waals surface area contributed by atoms with Crippen LogP contribution in [0.4, 0.5) is 20.4 Å². The van der Waals surface area contributed by atoms with Crippen molar-refractivity contribution in [1.82, 2.24) is 25.3 Å². The molecule has 0 radical (unpaired) electrons. The molecule has 0 aromatic carbocycles. The number of pyridine rings is 3. The van der Waals surface area contributed by atoms with Crippen LogP contribution in [0.5, 0.6) is 0 Å². The van der Waals surface area contributed by atoms with Crippen molar-refractivity contribution in [3.8, 4) is 22.6 Å². The van der Waals surface area contributed by atoms with Crippen molar-refractivity contribution in [3.05, 3.63) is 59.3 Å². The lowest BCUT2D eigenvalue weighted by molar-refractivity contribution is -0.568. The molecule has 6 rings (SSSR count). The van der Waals surface area contributed by atoms with Crippen molar-refractivity contribution in [3.63, 3.8) is 0 Å². The highest BCUT2D eigenvalue weighted by atomic mass is 19.1. The predicted molar refractivity (Wildman–Crippen MR) is 126 cm³/mol. The maximum atomic E-state index is 14.6. The second kappa shape index (κ2) is 8.35. The summed E-state index contributed by atoms with van der Waals surface area (Å²) in [6.07, 6.45) is 7.73. The zero-order chi connectivity index (χ0) is 24.1. The van der Waals surface area contributed by atoms with Gasteiger partial charge in [0, 0.05) is 38.6 Å². The summed E-state index contributed by atoms with van der Waals surface area (Å²) in [5.41, 5.74) is 6.94. The summed E-state index contributed by atoms with van der Waals surface area (Å²) in [7, 11) is 0. The third-order valence-corrected chi connectivity index (χ3v) is 6.51. The summed E-state index contributed by atoms with van der Waals surface area (Å²) in [6, 6.07) is 3.02. The predicted octanol–water partition coefficient (Wildman–Crippen LogP) is 2.53. The number of halogens is 2. The van der Waals surface area contributed by atoms with E-state index in [4.69, 9.17) is 10.7 Å². The number of hydrogen-bond donors (Lipinski definition) is 2. The topological polar surface area (TPSA) is 120 Å². The van der Waals surface area contributed by atoms with Crippen LogP contribution in [-0.4, -0.2) is 46.1 Å². The normalized spacial score (nSPS) is 16.1. The molecule has 2 fully saturated rings. The van der Waals surface area contributed by atoms with Crippen LogP contribution >= 0.6 is 0 Å². The summed E-state index contributed by atoms with van der Waals surface area (Å²) < 4.78 is 29.8. The molecule has 0 bridgehead atoms. The molecule has 4 aromatic heterocycles. The number of fused-ring (bicyclic) bond motifs is 1. The van der Waals surface area contributed by atoms with Crippen LogP contribution in [-0.2, 0) is 0 Å². The lowest BCUT2D eigenvalue weighted by Gasteiger charge is -2.28. The van der Waals surface area contributed by atoms with Gasteiger partial charge in [-0.15, -0.1) is 0 Å². The molecule has 0 unspecified atom stereocenters. The largest absolute Gasteiger partial charge is 0.710 e. The Morgan fingerprint density at radius 3 is 2.69 bits per heavy atom. The molecule has 4 aromatic rings. The molecule has 9 nitrogen and oxygen atoms in total. The highest BCUT2D eigenvalue weighted by Gasteiger charge is 2.33. The molecule has 11 heteroatoms. The van der Waals surface area contributed by atoms with Crippen molar-refractivity contribution in [1.29, 1.82) is 0 Å². The number of nitrogens with two attached hydrogens (primary N) is 1. The summed E-state index contributed by atoms with van der Waals surface area (Å²) in [6.45, 7) is 3.09. The summed E-state index contributed by atoms with van der Waals surface area (Å²) in [4.78, 5) is 19.0. The van der Waals surface area contributed by atoms with Gasteiger partial charge in [0.1, 0.15) is 0 Å². The van der Waals surface area contributed by atoms with Gasteiger partial charge >= 0.3 is 5.82 Å². The minimum atomic E-state index is -1.00. The number of anilines is 2. The number of piperazine rings is 1. The van der Waals surface area contributed by atoms with Gasteiger partial charge < -0.3 is 21.2 Å². The van der Waals surface area contributed by atoms with E-state index < -0.39 is 23.0 Å². The number of nitrogens with one attached hydrogen (secondary N) is 1. The zero-order valence-electron chi connectivity index (χ0n) is 18.7. The molecule has 1 aliphatic carbocycles. The number of rotatable bonds is 4. The van der Waals surface area contributed by atoms with Crippen LogP contribution in [0.25, 0.3) is 33.5 Å². The standard InChI is InChI=1S/C24H22F2N8O/c25-16-11-31-22(27)21(26)20(16)17-9-14(3-4-30-17)23-32-24(33-7-5-28-6-8-33)19-15(13-1-2-13)10-29-12-18(19)34(23)35/h3-4,9-13,28H,1-2,5-8H2,(H2,27,31). The quantitative estimate of drug-likeness (QED) is 0.341. The monoisotopic (exact) mass is 476 g/mol. The van der Waals surface area contributed by atoms with Gasteiger partial charge in [0.15, 0.2) is 23.0 Å². The Morgan fingerprint density at radius 2 is 1.91 bits per heavy atom. The first kappa shape index (κ1) is 21.5. The van der Waals surface area contributed by atoms with Crippen LogP contribution in [0.15, 0.2) is 36.9 Å². The highest BCUT2D eigenvalue weighted by Crippen LogP contribution is 2.44. The van der Waals surface area contributed by atoms with Crippen molar-refractivity contribution >= 4 is 22.5 Å². The third-order valence-electron chi connectivity index (χ3n) is 6.51. The fourth-order valence-electron chi connectivity index (χ4n) is 4.59. The Kier molecular flexibility index (Phi) is 5.14. The first-order chi connectivity index (χ1) is 17.0. The number of hydrogen-bond acceptors (Lipinski definition) is 8. The Hall–Kier alpha value is -3.99. The first-order valence-corrected chi connectivity index (χ1v) is 11.5. The Balaban J connectivity index is 1.57. The maximum absolute atomic E-state index is 14.6. The zero-order valence-corrected chi connectivity index (χ0v) is 18.7. The van der Waals surface area contributed by atoms with E-state index >= 15 is 0 Å². The van der Waals surface area contributed by atoms with E-state index in [9.17, 15) is 14.0 Å². The van der Waals surface area contributed by atoms with E-state index in [1.165, 1.54) is 12.3 Å². The molecule has 1 saturated heterocycles. The van der Waals surface area contributed by atoms with Crippen LogP contribution < -0.4 is 20.7 Å². The van der Waals surface area contributed by atoms with E-state index in [0.717, 1.165) is 66.7 Å². The Morgan fingerprint density at radius 1 is 1.11 bits per heavy atom. The summed E-state index contributed by atoms with van der Waals surface area (Å²) in [5, 5.41) is 17.7. The van der Waals surface area contributed by atoms with Crippen LogP contribution in [0, 0.1) is 16.8 Å². The molecule has 3 N–H and O–H groups in total. The van der Waals surface area contributed by atoms with Crippen LogP contribution in [0.1, 0.15) is 24.3 Å². The second-order valence-electron chi connectivity index (χ2n) is 8.80. The number of nitrogen functional groups attached to an aromatic ring is 1. The molecule has 5 heterocycles. The number of aromatic nitrogens is 5. The molecule has 178 valence electrons. The van der Waals surface area contributed by atoms with Gasteiger partial charge in [0.05, 0.1) is 34.6 Å². The SMILES string of the molecule is Nc1ncc(F)c(-c2cc(-c3nc(N4CCNCC4)c4c(C5CC5)cncc4[n+]3[O-])ccn2)c1F. The molecule has 1 saturated carbocycles. The van der Waals surface area contributed by atoms with E-state index in [2.05, 4.69) is 25.2 Å².